The van der Waals surface area contributed by atoms with E-state index in [1.807, 2.05) is 72.7 Å². The van der Waals surface area contributed by atoms with Crippen molar-refractivity contribution in [3.63, 3.8) is 0 Å². The fourth-order valence-corrected chi connectivity index (χ4v) is 5.83. The number of aromatic nitrogens is 3. The normalized spacial score (nSPS) is 21.9. The lowest BCUT2D eigenvalue weighted by molar-refractivity contribution is 0.572. The first-order valence-corrected chi connectivity index (χ1v) is 12.3. The minimum Gasteiger partial charge on any atom is -0.463 e. The van der Waals surface area contributed by atoms with Crippen molar-refractivity contribution in [2.45, 2.75) is 19.8 Å². The molecule has 3 aromatic heterocycles. The number of thiazole rings is 1. The van der Waals surface area contributed by atoms with Gasteiger partial charge in [0.2, 0.25) is 4.80 Å². The molecule has 2 aliphatic rings. The molecule has 4 aromatic rings. The summed E-state index contributed by atoms with van der Waals surface area (Å²) in [6, 6.07) is 13.4. The van der Waals surface area contributed by atoms with Crippen LogP contribution in [0.15, 0.2) is 85.6 Å². The predicted octanol–water partition coefficient (Wildman–Crippen LogP) is 4.89. The summed E-state index contributed by atoms with van der Waals surface area (Å²) in [5.74, 6) is 2.38. The molecular weight excluding hydrogens is 446 g/mol. The average molecular weight is 472 g/mol. The van der Waals surface area contributed by atoms with Crippen LogP contribution in [0, 0.1) is 24.7 Å². The lowest BCUT2D eigenvalue weighted by Crippen LogP contribution is -2.20. The van der Waals surface area contributed by atoms with E-state index in [9.17, 15) is 4.79 Å². The molecule has 1 saturated carbocycles. The third-order valence-electron chi connectivity index (χ3n) is 6.89. The zero-order chi connectivity index (χ0) is 23.2. The highest BCUT2D eigenvalue weighted by Gasteiger charge is 2.34. The molecule has 3 unspecified atom stereocenters. The molecular formula is C26H25N5O2S. The highest BCUT2D eigenvalue weighted by molar-refractivity contribution is 7.07. The first kappa shape index (κ1) is 20.9. The molecule has 0 saturated heterocycles. The van der Waals surface area contributed by atoms with E-state index in [1.54, 1.807) is 15.6 Å². The Morgan fingerprint density at radius 3 is 2.68 bits per heavy atom. The first-order valence-electron chi connectivity index (χ1n) is 11.5. The third-order valence-corrected chi connectivity index (χ3v) is 7.71. The average Bonchev–Trinajstić information content (AvgIpc) is 3.67. The highest BCUT2D eigenvalue weighted by atomic mass is 32.1. The predicted molar refractivity (Wildman–Crippen MR) is 134 cm³/mol. The molecule has 7 nitrogen and oxygen atoms in total. The summed E-state index contributed by atoms with van der Waals surface area (Å²) in [6.45, 7) is 1.91. The van der Waals surface area contributed by atoms with E-state index in [0.29, 0.717) is 34.0 Å². The van der Waals surface area contributed by atoms with E-state index in [-0.39, 0.29) is 5.56 Å². The number of rotatable bonds is 5. The summed E-state index contributed by atoms with van der Waals surface area (Å²) in [5.41, 5.74) is 2.66. The second kappa shape index (κ2) is 8.29. The van der Waals surface area contributed by atoms with E-state index in [2.05, 4.69) is 12.2 Å². The largest absolute Gasteiger partial charge is 0.463 e. The molecule has 3 heterocycles. The van der Waals surface area contributed by atoms with Crippen LogP contribution in [0.1, 0.15) is 18.5 Å². The Morgan fingerprint density at radius 2 is 1.97 bits per heavy atom. The van der Waals surface area contributed by atoms with Gasteiger partial charge in [-0.05, 0) is 55.9 Å². The summed E-state index contributed by atoms with van der Waals surface area (Å²) in [4.78, 5) is 18.9. The Kier molecular flexibility index (Phi) is 5.10. The van der Waals surface area contributed by atoms with Crippen LogP contribution in [0.4, 0.5) is 5.69 Å². The van der Waals surface area contributed by atoms with Gasteiger partial charge in [0.15, 0.2) is 11.4 Å². The zero-order valence-electron chi connectivity index (χ0n) is 19.0. The second-order valence-corrected chi connectivity index (χ2v) is 9.76. The second-order valence-electron chi connectivity index (χ2n) is 8.92. The quantitative estimate of drug-likeness (QED) is 0.307. The van der Waals surface area contributed by atoms with E-state index in [4.69, 9.17) is 14.5 Å². The van der Waals surface area contributed by atoms with Crippen molar-refractivity contribution < 1.29 is 4.42 Å². The molecule has 34 heavy (non-hydrogen) atoms. The number of para-hydroxylation sites is 1. The van der Waals surface area contributed by atoms with Crippen molar-refractivity contribution in [1.82, 2.24) is 14.0 Å². The monoisotopic (exact) mass is 471 g/mol. The number of hydrogen-bond donors (Lipinski definition) is 0. The van der Waals surface area contributed by atoms with Crippen LogP contribution in [-0.2, 0) is 7.05 Å². The van der Waals surface area contributed by atoms with Gasteiger partial charge in [-0.3, -0.25) is 9.48 Å². The van der Waals surface area contributed by atoms with E-state index < -0.39 is 0 Å². The van der Waals surface area contributed by atoms with Crippen LogP contribution in [-0.4, -0.2) is 20.3 Å². The Morgan fingerprint density at radius 1 is 1.12 bits per heavy atom. The highest BCUT2D eigenvalue weighted by Crippen LogP contribution is 2.42. The minimum absolute atomic E-state index is 0.159. The molecule has 1 aromatic carbocycles. The fourth-order valence-electron chi connectivity index (χ4n) is 5.01. The standard InChI is InChI=1S/C26H25N5O2S/c1-17-24(25(32)31(29(17)2)21-7-4-3-5-8-21)28-26-30(22(16-34-26)23-9-6-12-33-23)27-15-20-14-18-10-11-19(20)13-18/h3-12,15-16,18-20H,13-14H2,1-2H3. The lowest BCUT2D eigenvalue weighted by atomic mass is 9.95. The minimum atomic E-state index is -0.159. The van der Waals surface area contributed by atoms with E-state index in [0.717, 1.165) is 23.5 Å². The maximum absolute atomic E-state index is 13.4. The molecule has 0 radical (unpaired) electrons. The van der Waals surface area contributed by atoms with Crippen LogP contribution >= 0.6 is 11.3 Å². The smallest absolute Gasteiger partial charge is 0.297 e. The van der Waals surface area contributed by atoms with Gasteiger partial charge in [-0.25, -0.2) is 14.4 Å². The molecule has 172 valence electrons. The molecule has 1 fully saturated rings. The fraction of sp³-hybridized carbons (Fsp3) is 0.269. The maximum atomic E-state index is 13.4. The zero-order valence-corrected chi connectivity index (χ0v) is 19.9. The molecule has 3 atom stereocenters. The summed E-state index contributed by atoms with van der Waals surface area (Å²) in [6.07, 6.45) is 10.7. The van der Waals surface area contributed by atoms with Crippen molar-refractivity contribution in [1.29, 1.82) is 0 Å². The molecule has 0 spiro atoms. The van der Waals surface area contributed by atoms with Crippen molar-refractivity contribution in [2.75, 3.05) is 0 Å². The van der Waals surface area contributed by atoms with Crippen molar-refractivity contribution >= 4 is 23.2 Å². The number of benzene rings is 1. The van der Waals surface area contributed by atoms with Gasteiger partial charge in [0, 0.05) is 24.6 Å². The molecule has 0 N–H and O–H groups in total. The van der Waals surface area contributed by atoms with Gasteiger partial charge >= 0.3 is 0 Å². The first-order chi connectivity index (χ1) is 16.6. The van der Waals surface area contributed by atoms with Gasteiger partial charge in [-0.1, -0.05) is 30.4 Å². The Bertz CT molecular complexity index is 1520. The summed E-state index contributed by atoms with van der Waals surface area (Å²) in [7, 11) is 1.88. The summed E-state index contributed by atoms with van der Waals surface area (Å²) in [5, 5.41) is 6.84. The number of fused-ring (bicyclic) bond motifs is 2. The van der Waals surface area contributed by atoms with Gasteiger partial charge in [0.25, 0.3) is 5.56 Å². The van der Waals surface area contributed by atoms with Crippen LogP contribution < -0.4 is 10.4 Å². The van der Waals surface area contributed by atoms with Crippen LogP contribution in [0.5, 0.6) is 0 Å². The Hall–Kier alpha value is -3.65. The van der Waals surface area contributed by atoms with E-state index in [1.165, 1.54) is 17.8 Å². The van der Waals surface area contributed by atoms with Gasteiger partial charge in [-0.2, -0.15) is 5.10 Å². The summed E-state index contributed by atoms with van der Waals surface area (Å²) < 4.78 is 10.9. The Labute approximate surface area is 200 Å². The van der Waals surface area contributed by atoms with Crippen molar-refractivity contribution in [2.24, 2.45) is 34.9 Å². The van der Waals surface area contributed by atoms with Gasteiger partial charge in [-0.15, -0.1) is 11.3 Å². The molecule has 2 aliphatic carbocycles. The van der Waals surface area contributed by atoms with Crippen molar-refractivity contribution in [3.8, 4) is 17.1 Å². The van der Waals surface area contributed by atoms with Crippen LogP contribution in [0.2, 0.25) is 0 Å². The molecule has 2 bridgehead atoms. The number of furan rings is 1. The third kappa shape index (κ3) is 3.45. The maximum Gasteiger partial charge on any atom is 0.297 e. The Balaban J connectivity index is 1.48. The van der Waals surface area contributed by atoms with Gasteiger partial charge in [0.05, 0.1) is 17.6 Å². The number of allylic oxidation sites excluding steroid dienone is 2. The number of hydrogen-bond acceptors (Lipinski definition) is 5. The molecule has 8 heteroatoms. The molecule has 6 rings (SSSR count). The topological polar surface area (TPSA) is 69.7 Å². The van der Waals surface area contributed by atoms with Crippen LogP contribution in [0.3, 0.4) is 0 Å². The van der Waals surface area contributed by atoms with Crippen molar-refractivity contribution in [3.05, 3.63) is 87.1 Å². The van der Waals surface area contributed by atoms with Gasteiger partial charge < -0.3 is 4.42 Å². The number of nitrogens with zero attached hydrogens (tertiary/aromatic N) is 5. The summed E-state index contributed by atoms with van der Waals surface area (Å²) >= 11 is 1.45. The van der Waals surface area contributed by atoms with E-state index >= 15 is 0 Å². The molecule has 0 aliphatic heterocycles. The van der Waals surface area contributed by atoms with Gasteiger partial charge in [0.1, 0.15) is 5.69 Å². The molecule has 0 amide bonds. The SMILES string of the molecule is Cc1c(N=c2scc(-c3ccco3)n2N=CC2CC3C=CC2C3)c(=O)n(-c2ccccc2)n1C. The lowest BCUT2D eigenvalue weighted by Gasteiger charge is -2.12. The van der Waals surface area contributed by atoms with Crippen LogP contribution in [0.25, 0.3) is 17.1 Å².